The van der Waals surface area contributed by atoms with Crippen LogP contribution in [0.4, 0.5) is 0 Å². The topological polar surface area (TPSA) is 65.6 Å². The number of nitrogens with one attached hydrogen (secondary N) is 1. The van der Waals surface area contributed by atoms with Crippen LogP contribution < -0.4 is 0 Å². The highest BCUT2D eigenvalue weighted by molar-refractivity contribution is 5.91. The summed E-state index contributed by atoms with van der Waals surface area (Å²) in [6, 6.07) is 5.35. The van der Waals surface area contributed by atoms with E-state index >= 15 is 0 Å². The van der Waals surface area contributed by atoms with E-state index in [1.54, 1.807) is 12.1 Å². The second-order valence-corrected chi connectivity index (χ2v) is 6.41. The standard InChI is InChI=1S/C17H20N2O3.C2H6/c1-22-16(21)17-6-2-7-19(10-17)8-5-12-13-9-11(20)3-4-14(13)18-15(12)17;1-2/h3-4,9,18,20H,2,5-8,10H2,1H3;1-2H3. The minimum absolute atomic E-state index is 0.156. The van der Waals surface area contributed by atoms with Crippen molar-refractivity contribution in [2.75, 3.05) is 26.7 Å². The summed E-state index contributed by atoms with van der Waals surface area (Å²) in [7, 11) is 1.47. The smallest absolute Gasteiger partial charge is 0.319 e. The second kappa shape index (κ2) is 6.48. The Morgan fingerprint density at radius 2 is 2.12 bits per heavy atom. The van der Waals surface area contributed by atoms with Gasteiger partial charge in [0.2, 0.25) is 0 Å². The first-order chi connectivity index (χ1) is 11.6. The van der Waals surface area contributed by atoms with Crippen molar-refractivity contribution in [2.24, 2.45) is 0 Å². The zero-order valence-electron chi connectivity index (χ0n) is 14.7. The average molecular weight is 330 g/mol. The van der Waals surface area contributed by atoms with Crippen LogP contribution in [0.3, 0.4) is 0 Å². The highest BCUT2D eigenvalue weighted by Gasteiger charge is 2.48. The minimum Gasteiger partial charge on any atom is -0.508 e. The van der Waals surface area contributed by atoms with Crippen molar-refractivity contribution in [3.05, 3.63) is 29.5 Å². The van der Waals surface area contributed by atoms with Gasteiger partial charge >= 0.3 is 5.97 Å². The number of piperidine rings is 1. The van der Waals surface area contributed by atoms with E-state index in [2.05, 4.69) is 9.88 Å². The summed E-state index contributed by atoms with van der Waals surface area (Å²) in [5.74, 6) is 0.102. The lowest BCUT2D eigenvalue weighted by atomic mass is 9.76. The molecule has 1 aromatic heterocycles. The fraction of sp³-hybridized carbons (Fsp3) is 0.526. The molecule has 2 atom stereocenters. The molecule has 5 heteroatoms. The lowest BCUT2D eigenvalue weighted by Gasteiger charge is -2.38. The van der Waals surface area contributed by atoms with E-state index in [1.165, 1.54) is 7.11 Å². The highest BCUT2D eigenvalue weighted by Crippen LogP contribution is 2.42. The molecule has 24 heavy (non-hydrogen) atoms. The number of benzene rings is 1. The molecule has 0 saturated carbocycles. The molecule has 2 aromatic rings. The summed E-state index contributed by atoms with van der Waals surface area (Å²) in [4.78, 5) is 18.4. The number of aromatic hydroxyl groups is 1. The molecule has 5 nitrogen and oxygen atoms in total. The fourth-order valence-corrected chi connectivity index (χ4v) is 4.18. The largest absolute Gasteiger partial charge is 0.508 e. The predicted octanol–water partition coefficient (Wildman–Crippen LogP) is 2.96. The Morgan fingerprint density at radius 3 is 2.88 bits per heavy atom. The number of H-pyrrole nitrogens is 1. The lowest BCUT2D eigenvalue weighted by molar-refractivity contribution is -0.150. The van der Waals surface area contributed by atoms with E-state index in [9.17, 15) is 9.90 Å². The van der Waals surface area contributed by atoms with Crippen molar-refractivity contribution < 1.29 is 14.6 Å². The van der Waals surface area contributed by atoms with E-state index in [0.29, 0.717) is 6.54 Å². The van der Waals surface area contributed by atoms with Crippen LogP contribution in [-0.2, 0) is 21.4 Å². The SMILES string of the molecule is CC.COC(=O)C12CCCN(CCc3c1[nH]c1ccc(O)cc31)C2. The number of fused-ring (bicyclic) bond motifs is 6. The molecule has 2 N–H and O–H groups in total. The summed E-state index contributed by atoms with van der Waals surface area (Å²) in [5.41, 5.74) is 2.51. The zero-order chi connectivity index (χ0) is 17.3. The number of phenols is 1. The number of carbonyl (C=O) groups is 1. The highest BCUT2D eigenvalue weighted by atomic mass is 16.5. The van der Waals surface area contributed by atoms with Crippen LogP contribution in [0.1, 0.15) is 37.9 Å². The maximum Gasteiger partial charge on any atom is 0.319 e. The lowest BCUT2D eigenvalue weighted by Crippen LogP contribution is -2.50. The number of hydrogen-bond donors (Lipinski definition) is 2. The Labute approximate surface area is 142 Å². The Morgan fingerprint density at radius 1 is 1.33 bits per heavy atom. The number of methoxy groups -OCH3 is 1. The maximum atomic E-state index is 12.6. The van der Waals surface area contributed by atoms with Crippen molar-refractivity contribution in [1.29, 1.82) is 0 Å². The van der Waals surface area contributed by atoms with E-state index in [-0.39, 0.29) is 11.7 Å². The van der Waals surface area contributed by atoms with E-state index in [4.69, 9.17) is 4.74 Å². The molecule has 0 amide bonds. The second-order valence-electron chi connectivity index (χ2n) is 6.41. The van der Waals surface area contributed by atoms with Crippen molar-refractivity contribution in [3.8, 4) is 5.75 Å². The molecule has 3 heterocycles. The van der Waals surface area contributed by atoms with Gasteiger partial charge in [0.15, 0.2) is 0 Å². The molecule has 0 spiro atoms. The van der Waals surface area contributed by atoms with Crippen LogP contribution >= 0.6 is 0 Å². The van der Waals surface area contributed by atoms with Gasteiger partial charge in [0.25, 0.3) is 0 Å². The number of nitrogens with zero attached hydrogens (tertiary/aromatic N) is 1. The summed E-state index contributed by atoms with van der Waals surface area (Å²) < 4.78 is 5.16. The molecule has 2 unspecified atom stereocenters. The summed E-state index contributed by atoms with van der Waals surface area (Å²) in [5, 5.41) is 10.8. The molecule has 2 bridgehead atoms. The Hall–Kier alpha value is -2.01. The predicted molar refractivity (Wildman–Crippen MR) is 94.4 cm³/mol. The van der Waals surface area contributed by atoms with Gasteiger partial charge in [0.05, 0.1) is 7.11 Å². The van der Waals surface area contributed by atoms with Crippen LogP contribution in [0.5, 0.6) is 5.75 Å². The summed E-state index contributed by atoms with van der Waals surface area (Å²) in [6.45, 7) is 6.69. The number of rotatable bonds is 1. The monoisotopic (exact) mass is 330 g/mol. The Bertz CT molecular complexity index is 752. The number of phenolic OH excluding ortho intramolecular Hbond substituents is 1. The number of aromatic amines is 1. The fourth-order valence-electron chi connectivity index (χ4n) is 4.18. The molecule has 1 fully saturated rings. The molecule has 2 aliphatic rings. The third kappa shape index (κ3) is 2.47. The van der Waals surface area contributed by atoms with Crippen molar-refractivity contribution in [3.63, 3.8) is 0 Å². The van der Waals surface area contributed by atoms with E-state index in [1.807, 2.05) is 19.9 Å². The van der Waals surface area contributed by atoms with Gasteiger partial charge in [-0.2, -0.15) is 0 Å². The van der Waals surface area contributed by atoms with Gasteiger partial charge in [0.1, 0.15) is 11.2 Å². The maximum absolute atomic E-state index is 12.6. The molecule has 2 aliphatic heterocycles. The van der Waals surface area contributed by atoms with Crippen LogP contribution in [0.25, 0.3) is 10.9 Å². The molecule has 1 saturated heterocycles. The molecular weight excluding hydrogens is 304 g/mol. The summed E-state index contributed by atoms with van der Waals surface area (Å²) in [6.07, 6.45) is 2.69. The van der Waals surface area contributed by atoms with Crippen LogP contribution in [0.15, 0.2) is 18.2 Å². The normalized spacial score (nSPS) is 25.2. The number of aromatic nitrogens is 1. The Balaban J connectivity index is 0.000000815. The Kier molecular flexibility index (Phi) is 4.54. The molecule has 0 aliphatic carbocycles. The first kappa shape index (κ1) is 16.8. The van der Waals surface area contributed by atoms with Crippen LogP contribution in [-0.4, -0.2) is 47.7 Å². The van der Waals surface area contributed by atoms with Gasteiger partial charge in [0, 0.05) is 29.7 Å². The van der Waals surface area contributed by atoms with Crippen molar-refractivity contribution >= 4 is 16.9 Å². The zero-order valence-corrected chi connectivity index (χ0v) is 14.7. The van der Waals surface area contributed by atoms with Gasteiger partial charge < -0.3 is 19.7 Å². The molecule has 1 aromatic carbocycles. The van der Waals surface area contributed by atoms with Crippen molar-refractivity contribution in [1.82, 2.24) is 9.88 Å². The first-order valence-electron chi connectivity index (χ1n) is 8.79. The number of hydrogen-bond acceptors (Lipinski definition) is 4. The summed E-state index contributed by atoms with van der Waals surface area (Å²) >= 11 is 0. The van der Waals surface area contributed by atoms with Gasteiger partial charge in [-0.25, -0.2) is 0 Å². The number of esters is 1. The number of ether oxygens (including phenoxy) is 1. The molecule has 130 valence electrons. The molecular formula is C19H26N2O3. The minimum atomic E-state index is -0.604. The van der Waals surface area contributed by atoms with Gasteiger partial charge in [-0.3, -0.25) is 4.79 Å². The first-order valence-corrected chi connectivity index (χ1v) is 8.79. The number of carbonyl (C=O) groups excluding carboxylic acids is 1. The third-order valence-electron chi connectivity index (χ3n) is 5.19. The van der Waals surface area contributed by atoms with Crippen LogP contribution in [0, 0.1) is 0 Å². The molecule has 4 rings (SSSR count). The van der Waals surface area contributed by atoms with Gasteiger partial charge in [-0.05, 0) is 49.6 Å². The van der Waals surface area contributed by atoms with Crippen molar-refractivity contribution in [2.45, 2.75) is 38.5 Å². The van der Waals surface area contributed by atoms with Gasteiger partial charge in [-0.1, -0.05) is 13.8 Å². The van der Waals surface area contributed by atoms with E-state index < -0.39 is 5.41 Å². The van der Waals surface area contributed by atoms with Crippen LogP contribution in [0.2, 0.25) is 0 Å². The third-order valence-corrected chi connectivity index (χ3v) is 5.19. The quantitative estimate of drug-likeness (QED) is 0.789. The van der Waals surface area contributed by atoms with Gasteiger partial charge in [-0.15, -0.1) is 0 Å². The van der Waals surface area contributed by atoms with E-state index in [0.717, 1.165) is 54.5 Å². The average Bonchev–Trinajstić information content (AvgIpc) is 2.94. The molecule has 0 radical (unpaired) electrons.